The van der Waals surface area contributed by atoms with Crippen molar-refractivity contribution in [2.24, 2.45) is 5.92 Å². The van der Waals surface area contributed by atoms with E-state index in [9.17, 15) is 0 Å². The molecule has 1 heterocycles. The van der Waals surface area contributed by atoms with Crippen LogP contribution in [0.5, 0.6) is 0 Å². The molecule has 0 aromatic heterocycles. The zero-order chi connectivity index (χ0) is 9.68. The minimum absolute atomic E-state index is 0.759. The highest BCUT2D eigenvalue weighted by Gasteiger charge is 2.19. The fraction of sp³-hybridized carbons (Fsp3) is 1.00. The Morgan fingerprint density at radius 1 is 1.54 bits per heavy atom. The second-order valence-electron chi connectivity index (χ2n) is 4.48. The van der Waals surface area contributed by atoms with Crippen molar-refractivity contribution in [2.45, 2.75) is 39.2 Å². The monoisotopic (exact) mass is 184 g/mol. The first kappa shape index (κ1) is 11.0. The number of hydrogen-bond donors (Lipinski definition) is 1. The van der Waals surface area contributed by atoms with E-state index in [4.69, 9.17) is 0 Å². The summed E-state index contributed by atoms with van der Waals surface area (Å²) in [6.07, 6.45) is 4.10. The molecule has 1 rings (SSSR count). The highest BCUT2D eigenvalue weighted by molar-refractivity contribution is 4.75. The Kier molecular flexibility index (Phi) is 4.74. The maximum atomic E-state index is 3.22. The molecule has 2 unspecified atom stereocenters. The summed E-state index contributed by atoms with van der Waals surface area (Å²) in [5.41, 5.74) is 0. The van der Waals surface area contributed by atoms with Gasteiger partial charge in [0.05, 0.1) is 0 Å². The Bertz CT molecular complexity index is 136. The predicted molar refractivity (Wildman–Crippen MR) is 58.0 cm³/mol. The quantitative estimate of drug-likeness (QED) is 0.715. The van der Waals surface area contributed by atoms with Gasteiger partial charge in [-0.3, -0.25) is 0 Å². The molecule has 1 aliphatic rings. The van der Waals surface area contributed by atoms with Gasteiger partial charge in [0, 0.05) is 12.6 Å². The van der Waals surface area contributed by atoms with Crippen LogP contribution in [0.4, 0.5) is 0 Å². The molecule has 2 atom stereocenters. The summed E-state index contributed by atoms with van der Waals surface area (Å²) >= 11 is 0. The SMILES string of the molecule is CNCCC(C)N1CCCC(C)C1. The fourth-order valence-corrected chi connectivity index (χ4v) is 2.16. The van der Waals surface area contributed by atoms with E-state index in [-0.39, 0.29) is 0 Å². The van der Waals surface area contributed by atoms with Crippen molar-refractivity contribution in [1.29, 1.82) is 0 Å². The van der Waals surface area contributed by atoms with Gasteiger partial charge in [-0.1, -0.05) is 6.92 Å². The average molecular weight is 184 g/mol. The molecule has 78 valence electrons. The Morgan fingerprint density at radius 3 is 2.92 bits per heavy atom. The van der Waals surface area contributed by atoms with Crippen molar-refractivity contribution in [3.05, 3.63) is 0 Å². The van der Waals surface area contributed by atoms with E-state index >= 15 is 0 Å². The van der Waals surface area contributed by atoms with Crippen LogP contribution in [-0.4, -0.2) is 37.6 Å². The van der Waals surface area contributed by atoms with Crippen LogP contribution in [0, 0.1) is 5.92 Å². The number of nitrogens with zero attached hydrogens (tertiary/aromatic N) is 1. The maximum Gasteiger partial charge on any atom is 0.00791 e. The molecule has 2 heteroatoms. The zero-order valence-electron chi connectivity index (χ0n) is 9.34. The molecular weight excluding hydrogens is 160 g/mol. The summed E-state index contributed by atoms with van der Waals surface area (Å²) in [4.78, 5) is 2.64. The summed E-state index contributed by atoms with van der Waals surface area (Å²) in [6, 6.07) is 0.759. The Balaban J connectivity index is 2.24. The lowest BCUT2D eigenvalue weighted by Gasteiger charge is -2.35. The van der Waals surface area contributed by atoms with Crippen molar-refractivity contribution < 1.29 is 0 Å². The third-order valence-corrected chi connectivity index (χ3v) is 3.12. The minimum atomic E-state index is 0.759. The van der Waals surface area contributed by atoms with Crippen LogP contribution >= 0.6 is 0 Å². The first-order chi connectivity index (χ1) is 6.24. The normalized spacial score (nSPS) is 27.5. The van der Waals surface area contributed by atoms with Crippen LogP contribution < -0.4 is 5.32 Å². The molecule has 0 aromatic rings. The van der Waals surface area contributed by atoms with E-state index in [1.807, 2.05) is 7.05 Å². The van der Waals surface area contributed by atoms with Crippen LogP contribution in [-0.2, 0) is 0 Å². The lowest BCUT2D eigenvalue weighted by Crippen LogP contribution is -2.41. The van der Waals surface area contributed by atoms with Crippen molar-refractivity contribution in [3.8, 4) is 0 Å². The van der Waals surface area contributed by atoms with Gasteiger partial charge in [0.25, 0.3) is 0 Å². The topological polar surface area (TPSA) is 15.3 Å². The maximum absolute atomic E-state index is 3.22. The molecule has 0 spiro atoms. The first-order valence-electron chi connectivity index (χ1n) is 5.62. The van der Waals surface area contributed by atoms with Gasteiger partial charge in [-0.15, -0.1) is 0 Å². The van der Waals surface area contributed by atoms with Crippen LogP contribution in [0.1, 0.15) is 33.1 Å². The molecule has 1 fully saturated rings. The second kappa shape index (κ2) is 5.61. The molecule has 0 saturated carbocycles. The van der Waals surface area contributed by atoms with Gasteiger partial charge >= 0.3 is 0 Å². The van der Waals surface area contributed by atoms with Crippen molar-refractivity contribution in [3.63, 3.8) is 0 Å². The van der Waals surface area contributed by atoms with E-state index < -0.39 is 0 Å². The largest absolute Gasteiger partial charge is 0.320 e. The molecule has 1 aliphatic heterocycles. The molecule has 1 saturated heterocycles. The predicted octanol–water partition coefficient (Wildman–Crippen LogP) is 1.72. The lowest BCUT2D eigenvalue weighted by molar-refractivity contribution is 0.133. The molecule has 0 aliphatic carbocycles. The Morgan fingerprint density at radius 2 is 2.31 bits per heavy atom. The van der Waals surface area contributed by atoms with Crippen molar-refractivity contribution in [2.75, 3.05) is 26.7 Å². The van der Waals surface area contributed by atoms with E-state index in [0.29, 0.717) is 0 Å². The molecular formula is C11H24N2. The van der Waals surface area contributed by atoms with Crippen molar-refractivity contribution >= 4 is 0 Å². The summed E-state index contributed by atoms with van der Waals surface area (Å²) < 4.78 is 0. The Hall–Kier alpha value is -0.0800. The lowest BCUT2D eigenvalue weighted by atomic mass is 9.98. The molecule has 0 aromatic carbocycles. The number of nitrogens with one attached hydrogen (secondary N) is 1. The zero-order valence-corrected chi connectivity index (χ0v) is 9.34. The van der Waals surface area contributed by atoms with Gasteiger partial charge in [-0.05, 0) is 52.2 Å². The minimum Gasteiger partial charge on any atom is -0.320 e. The average Bonchev–Trinajstić information content (AvgIpc) is 2.14. The van der Waals surface area contributed by atoms with E-state index in [1.54, 1.807) is 0 Å². The molecule has 2 nitrogen and oxygen atoms in total. The van der Waals surface area contributed by atoms with Gasteiger partial charge in [0.15, 0.2) is 0 Å². The first-order valence-corrected chi connectivity index (χ1v) is 5.62. The standard InChI is InChI=1S/C11H24N2/c1-10-5-4-8-13(9-10)11(2)6-7-12-3/h10-12H,4-9H2,1-3H3. The van der Waals surface area contributed by atoms with Crippen molar-refractivity contribution in [1.82, 2.24) is 10.2 Å². The third kappa shape index (κ3) is 3.65. The number of piperidine rings is 1. The van der Waals surface area contributed by atoms with E-state index in [2.05, 4.69) is 24.1 Å². The van der Waals surface area contributed by atoms with Gasteiger partial charge < -0.3 is 10.2 Å². The van der Waals surface area contributed by atoms with Crippen LogP contribution in [0.25, 0.3) is 0 Å². The fourth-order valence-electron chi connectivity index (χ4n) is 2.16. The molecule has 0 bridgehead atoms. The van der Waals surface area contributed by atoms with E-state index in [1.165, 1.54) is 32.4 Å². The summed E-state index contributed by atoms with van der Waals surface area (Å²) in [5, 5.41) is 3.22. The molecule has 13 heavy (non-hydrogen) atoms. The summed E-state index contributed by atoms with van der Waals surface area (Å²) in [6.45, 7) is 8.50. The van der Waals surface area contributed by atoms with Crippen LogP contribution in [0.2, 0.25) is 0 Å². The van der Waals surface area contributed by atoms with Gasteiger partial charge in [0.2, 0.25) is 0 Å². The Labute approximate surface area is 82.7 Å². The van der Waals surface area contributed by atoms with Gasteiger partial charge in [0.1, 0.15) is 0 Å². The van der Waals surface area contributed by atoms with Gasteiger partial charge in [-0.25, -0.2) is 0 Å². The third-order valence-electron chi connectivity index (χ3n) is 3.12. The molecule has 0 amide bonds. The van der Waals surface area contributed by atoms with E-state index in [0.717, 1.165) is 18.5 Å². The summed E-state index contributed by atoms with van der Waals surface area (Å²) in [7, 11) is 2.03. The van der Waals surface area contributed by atoms with Gasteiger partial charge in [-0.2, -0.15) is 0 Å². The number of hydrogen-bond acceptors (Lipinski definition) is 2. The van der Waals surface area contributed by atoms with Crippen LogP contribution in [0.15, 0.2) is 0 Å². The second-order valence-corrected chi connectivity index (χ2v) is 4.48. The highest BCUT2D eigenvalue weighted by Crippen LogP contribution is 2.18. The summed E-state index contributed by atoms with van der Waals surface area (Å²) in [5.74, 6) is 0.908. The van der Waals surface area contributed by atoms with Crippen LogP contribution in [0.3, 0.4) is 0 Å². The number of rotatable bonds is 4. The molecule has 0 radical (unpaired) electrons. The smallest absolute Gasteiger partial charge is 0.00791 e. The molecule has 1 N–H and O–H groups in total. The number of likely N-dealkylation sites (tertiary alicyclic amines) is 1. The highest BCUT2D eigenvalue weighted by atomic mass is 15.2.